The average molecular weight is 248 g/mol. The lowest BCUT2D eigenvalue weighted by atomic mass is 9.78. The van der Waals surface area contributed by atoms with Crippen molar-refractivity contribution in [1.29, 1.82) is 0 Å². The van der Waals surface area contributed by atoms with E-state index in [-0.39, 0.29) is 5.92 Å². The first-order chi connectivity index (χ1) is 7.50. The lowest BCUT2D eigenvalue weighted by Crippen LogP contribution is -2.57. The van der Waals surface area contributed by atoms with Gasteiger partial charge >= 0.3 is 14.6 Å². The second-order valence-electron chi connectivity index (χ2n) is 5.23. The third kappa shape index (κ3) is 5.37. The minimum absolute atomic E-state index is 0.206. The fourth-order valence-corrected chi connectivity index (χ4v) is 1.84. The molecule has 4 N–H and O–H groups in total. The molecule has 0 aromatic carbocycles. The van der Waals surface area contributed by atoms with Crippen LogP contribution in [0.1, 0.15) is 41.0 Å². The van der Waals surface area contributed by atoms with E-state index >= 15 is 0 Å². The molecule has 0 aromatic heterocycles. The SMILES string of the molecule is CC(C)CC(C)(OB(O)O)C(C)(C)OB(O)O. The highest BCUT2D eigenvalue weighted by Crippen LogP contribution is 2.35. The molecule has 1 atom stereocenters. The molecule has 0 fully saturated rings. The smallest absolute Gasteiger partial charge is 0.402 e. The van der Waals surface area contributed by atoms with Gasteiger partial charge in [-0.3, -0.25) is 0 Å². The topological polar surface area (TPSA) is 99.4 Å². The van der Waals surface area contributed by atoms with E-state index in [4.69, 9.17) is 29.4 Å². The van der Waals surface area contributed by atoms with E-state index in [2.05, 4.69) is 0 Å². The summed E-state index contributed by atoms with van der Waals surface area (Å²) in [5.41, 5.74) is -2.17. The fourth-order valence-electron chi connectivity index (χ4n) is 1.84. The molecule has 0 aliphatic rings. The van der Waals surface area contributed by atoms with Crippen LogP contribution in [-0.4, -0.2) is 45.9 Å². The Morgan fingerprint density at radius 3 is 1.65 bits per heavy atom. The highest BCUT2D eigenvalue weighted by atomic mass is 16.7. The maximum absolute atomic E-state index is 8.95. The lowest BCUT2D eigenvalue weighted by molar-refractivity contribution is -0.130. The first-order valence-corrected chi connectivity index (χ1v) is 5.58. The minimum Gasteiger partial charge on any atom is -0.402 e. The molecule has 0 aliphatic carbocycles. The minimum atomic E-state index is -1.95. The van der Waals surface area contributed by atoms with Gasteiger partial charge in [-0.25, -0.2) is 0 Å². The summed E-state index contributed by atoms with van der Waals surface area (Å²) in [6.07, 6.45) is 0.463. The average Bonchev–Trinajstić information content (AvgIpc) is 1.96. The van der Waals surface area contributed by atoms with Gasteiger partial charge in [0.25, 0.3) is 0 Å². The van der Waals surface area contributed by atoms with Crippen LogP contribution in [-0.2, 0) is 9.31 Å². The molecule has 17 heavy (non-hydrogen) atoms. The van der Waals surface area contributed by atoms with Crippen LogP contribution in [0.5, 0.6) is 0 Å². The van der Waals surface area contributed by atoms with E-state index in [1.165, 1.54) is 0 Å². The standard InChI is InChI=1S/C9H22B2O6/c1-7(2)6-9(5,17-11(14)15)8(3,4)16-10(12)13/h7,12-15H,6H2,1-5H3. The molecule has 1 unspecified atom stereocenters. The molecule has 0 saturated carbocycles. The van der Waals surface area contributed by atoms with Crippen LogP contribution >= 0.6 is 0 Å². The van der Waals surface area contributed by atoms with E-state index in [0.29, 0.717) is 6.42 Å². The quantitative estimate of drug-likeness (QED) is 0.455. The lowest BCUT2D eigenvalue weighted by Gasteiger charge is -2.45. The van der Waals surface area contributed by atoms with Crippen molar-refractivity contribution in [3.63, 3.8) is 0 Å². The van der Waals surface area contributed by atoms with Crippen molar-refractivity contribution >= 4 is 14.6 Å². The van der Waals surface area contributed by atoms with Gasteiger partial charge in [0.15, 0.2) is 0 Å². The van der Waals surface area contributed by atoms with E-state index in [1.807, 2.05) is 13.8 Å². The summed E-state index contributed by atoms with van der Waals surface area (Å²) in [5.74, 6) is 0.206. The number of hydrogen-bond donors (Lipinski definition) is 4. The Morgan fingerprint density at radius 2 is 1.35 bits per heavy atom. The van der Waals surface area contributed by atoms with Crippen molar-refractivity contribution in [3.05, 3.63) is 0 Å². The van der Waals surface area contributed by atoms with Crippen LogP contribution in [0, 0.1) is 5.92 Å². The molecule has 0 bridgehead atoms. The zero-order valence-corrected chi connectivity index (χ0v) is 11.0. The first kappa shape index (κ1) is 16.9. The van der Waals surface area contributed by atoms with Crippen molar-refractivity contribution in [2.45, 2.75) is 52.2 Å². The van der Waals surface area contributed by atoms with Gasteiger partial charge in [-0.1, -0.05) is 13.8 Å². The van der Waals surface area contributed by atoms with Crippen molar-refractivity contribution < 1.29 is 29.4 Å². The molecule has 0 heterocycles. The van der Waals surface area contributed by atoms with E-state index in [1.54, 1.807) is 20.8 Å². The van der Waals surface area contributed by atoms with E-state index in [0.717, 1.165) is 0 Å². The Labute approximate surface area is 103 Å². The number of rotatable bonds is 7. The molecule has 0 amide bonds. The third-order valence-electron chi connectivity index (χ3n) is 2.84. The molecule has 6 nitrogen and oxygen atoms in total. The zero-order valence-electron chi connectivity index (χ0n) is 11.0. The number of hydrogen-bond acceptors (Lipinski definition) is 6. The van der Waals surface area contributed by atoms with Crippen molar-refractivity contribution in [2.75, 3.05) is 0 Å². The van der Waals surface area contributed by atoms with Crippen LogP contribution < -0.4 is 0 Å². The molecule has 0 rings (SSSR count). The Balaban J connectivity index is 5.00. The summed E-state index contributed by atoms with van der Waals surface area (Å²) >= 11 is 0. The van der Waals surface area contributed by atoms with Crippen molar-refractivity contribution in [3.8, 4) is 0 Å². The van der Waals surface area contributed by atoms with Crippen LogP contribution in [0.3, 0.4) is 0 Å². The Kier molecular flexibility index (Phi) is 6.13. The van der Waals surface area contributed by atoms with Crippen molar-refractivity contribution in [1.82, 2.24) is 0 Å². The highest BCUT2D eigenvalue weighted by molar-refractivity contribution is 6.33. The van der Waals surface area contributed by atoms with E-state index < -0.39 is 25.8 Å². The van der Waals surface area contributed by atoms with Gasteiger partial charge in [0, 0.05) is 0 Å². The normalized spacial score (nSPS) is 15.9. The fraction of sp³-hybridized carbons (Fsp3) is 1.00. The predicted octanol–water partition coefficient (Wildman–Crippen LogP) is -0.458. The summed E-state index contributed by atoms with van der Waals surface area (Å²) in [6, 6.07) is 0. The maximum atomic E-state index is 8.95. The highest BCUT2D eigenvalue weighted by Gasteiger charge is 2.47. The van der Waals surface area contributed by atoms with Crippen LogP contribution in [0.25, 0.3) is 0 Å². The van der Waals surface area contributed by atoms with Gasteiger partial charge in [-0.2, -0.15) is 0 Å². The molecule has 100 valence electrons. The Hall–Kier alpha value is -0.110. The molecular formula is C9H22B2O6. The van der Waals surface area contributed by atoms with Crippen LogP contribution in [0.2, 0.25) is 0 Å². The van der Waals surface area contributed by atoms with Gasteiger partial charge in [0.1, 0.15) is 0 Å². The van der Waals surface area contributed by atoms with Gasteiger partial charge < -0.3 is 29.4 Å². The maximum Gasteiger partial charge on any atom is 0.634 e. The monoisotopic (exact) mass is 248 g/mol. The second-order valence-corrected chi connectivity index (χ2v) is 5.23. The molecule has 8 heteroatoms. The zero-order chi connectivity index (χ0) is 13.9. The van der Waals surface area contributed by atoms with Crippen LogP contribution in [0.15, 0.2) is 0 Å². The second kappa shape index (κ2) is 6.17. The molecule has 0 aromatic rings. The van der Waals surface area contributed by atoms with Gasteiger partial charge in [-0.05, 0) is 33.1 Å². The third-order valence-corrected chi connectivity index (χ3v) is 2.84. The summed E-state index contributed by atoms with van der Waals surface area (Å²) in [6.45, 7) is 8.71. The molecule has 0 radical (unpaired) electrons. The van der Waals surface area contributed by atoms with Crippen molar-refractivity contribution in [2.24, 2.45) is 5.92 Å². The summed E-state index contributed by atoms with van der Waals surface area (Å²) in [5, 5.41) is 35.6. The molecule has 0 spiro atoms. The summed E-state index contributed by atoms with van der Waals surface area (Å²) in [4.78, 5) is 0. The first-order valence-electron chi connectivity index (χ1n) is 5.58. The Bertz CT molecular complexity index is 222. The summed E-state index contributed by atoms with van der Waals surface area (Å²) in [7, 11) is -3.90. The van der Waals surface area contributed by atoms with E-state index in [9.17, 15) is 0 Å². The predicted molar refractivity (Wildman–Crippen MR) is 64.5 cm³/mol. The van der Waals surface area contributed by atoms with Gasteiger partial charge in [0.05, 0.1) is 11.2 Å². The van der Waals surface area contributed by atoms with Crippen LogP contribution in [0.4, 0.5) is 0 Å². The Morgan fingerprint density at radius 1 is 0.941 bits per heavy atom. The molecular weight excluding hydrogens is 226 g/mol. The van der Waals surface area contributed by atoms with Gasteiger partial charge in [0.2, 0.25) is 0 Å². The summed E-state index contributed by atoms with van der Waals surface area (Å²) < 4.78 is 10.0. The molecule has 0 aliphatic heterocycles. The largest absolute Gasteiger partial charge is 0.634 e. The molecule has 0 saturated heterocycles. The van der Waals surface area contributed by atoms with Gasteiger partial charge in [-0.15, -0.1) is 0 Å².